The Bertz CT molecular complexity index is 785. The zero-order chi connectivity index (χ0) is 20.9. The van der Waals surface area contributed by atoms with Gasteiger partial charge >= 0.3 is 0 Å². The van der Waals surface area contributed by atoms with E-state index in [9.17, 15) is 9.59 Å². The van der Waals surface area contributed by atoms with Crippen LogP contribution in [0.25, 0.3) is 0 Å². The van der Waals surface area contributed by atoms with Crippen molar-refractivity contribution >= 4 is 41.4 Å². The number of likely N-dealkylation sites (N-methyl/N-ethyl adjacent to an activating group) is 1. The first kappa shape index (κ1) is 23.1. The lowest BCUT2D eigenvalue weighted by Gasteiger charge is -2.13. The molecular formula is C19H24N4O4S. The fourth-order valence-corrected chi connectivity index (χ4v) is 2.78. The number of carbonyl (C=O) groups is 3. The minimum atomic E-state index is -0.250. The lowest BCUT2D eigenvalue weighted by molar-refractivity contribution is -0.123. The van der Waals surface area contributed by atoms with Gasteiger partial charge in [0, 0.05) is 28.7 Å². The van der Waals surface area contributed by atoms with E-state index in [1.165, 1.54) is 11.8 Å². The summed E-state index contributed by atoms with van der Waals surface area (Å²) in [6, 6.07) is 9.20. The van der Waals surface area contributed by atoms with Crippen molar-refractivity contribution in [3.63, 3.8) is 0 Å². The molecule has 0 aliphatic rings. The number of aromatic nitrogens is 1. The second-order valence-electron chi connectivity index (χ2n) is 5.94. The Morgan fingerprint density at radius 3 is 2.39 bits per heavy atom. The number of carbonyl (C=O) groups excluding carboxylic acids is 2. The van der Waals surface area contributed by atoms with Crippen molar-refractivity contribution in [2.75, 3.05) is 37.0 Å². The first-order valence-electron chi connectivity index (χ1n) is 8.31. The van der Waals surface area contributed by atoms with Gasteiger partial charge in [0.15, 0.2) is 0 Å². The van der Waals surface area contributed by atoms with Crippen LogP contribution >= 0.6 is 11.8 Å². The van der Waals surface area contributed by atoms with Crippen molar-refractivity contribution in [1.82, 2.24) is 9.88 Å². The molecule has 0 saturated heterocycles. The first-order valence-corrected chi connectivity index (χ1v) is 9.30. The van der Waals surface area contributed by atoms with Crippen LogP contribution in [0.3, 0.4) is 0 Å². The summed E-state index contributed by atoms with van der Waals surface area (Å²) in [5.74, 6) is 0.112. The van der Waals surface area contributed by atoms with E-state index in [-0.39, 0.29) is 18.3 Å². The summed E-state index contributed by atoms with van der Waals surface area (Å²) in [6.45, 7) is 1.97. The minimum Gasteiger partial charge on any atom is -0.483 e. The second kappa shape index (κ2) is 12.5. The summed E-state index contributed by atoms with van der Waals surface area (Å²) >= 11 is 1.45. The predicted octanol–water partition coefficient (Wildman–Crippen LogP) is 2.32. The van der Waals surface area contributed by atoms with Gasteiger partial charge in [0.05, 0.1) is 12.3 Å². The average molecular weight is 404 g/mol. The monoisotopic (exact) mass is 404 g/mol. The number of hydrogen-bond donors (Lipinski definition) is 3. The Morgan fingerprint density at radius 1 is 1.14 bits per heavy atom. The third kappa shape index (κ3) is 9.15. The summed E-state index contributed by atoms with van der Waals surface area (Å²) in [5.41, 5.74) is 2.30. The van der Waals surface area contributed by atoms with Gasteiger partial charge in [-0.3, -0.25) is 19.4 Å². The molecule has 0 fully saturated rings. The molecule has 3 N–H and O–H groups in total. The molecule has 0 aliphatic carbocycles. The van der Waals surface area contributed by atoms with E-state index in [4.69, 9.17) is 9.90 Å². The maximum atomic E-state index is 12.1. The molecule has 0 unspecified atom stereocenters. The Kier molecular flexibility index (Phi) is 10.3. The third-order valence-corrected chi connectivity index (χ3v) is 4.29. The normalized spacial score (nSPS) is 9.86. The SMILES string of the molecule is Cc1ccc(NC(=O)CSc2ccncc2)cc1NC(=O)CN(C)C.O=CO. The summed E-state index contributed by atoms with van der Waals surface area (Å²) in [7, 11) is 3.67. The highest BCUT2D eigenvalue weighted by molar-refractivity contribution is 8.00. The molecule has 1 heterocycles. The van der Waals surface area contributed by atoms with Crippen molar-refractivity contribution in [2.45, 2.75) is 11.8 Å². The molecule has 0 radical (unpaired) electrons. The van der Waals surface area contributed by atoms with Gasteiger partial charge in [-0.1, -0.05) is 6.07 Å². The van der Waals surface area contributed by atoms with Gasteiger partial charge in [-0.25, -0.2) is 0 Å². The van der Waals surface area contributed by atoms with E-state index in [0.29, 0.717) is 23.7 Å². The molecule has 0 atom stereocenters. The highest BCUT2D eigenvalue weighted by atomic mass is 32.2. The summed E-state index contributed by atoms with van der Waals surface area (Å²) < 4.78 is 0. The molecule has 0 spiro atoms. The van der Waals surface area contributed by atoms with Crippen LogP contribution in [0.15, 0.2) is 47.6 Å². The molecular weight excluding hydrogens is 380 g/mol. The highest BCUT2D eigenvalue weighted by Crippen LogP contribution is 2.21. The van der Waals surface area contributed by atoms with Crippen molar-refractivity contribution in [2.24, 2.45) is 0 Å². The molecule has 9 heteroatoms. The Hall–Kier alpha value is -2.91. The van der Waals surface area contributed by atoms with Crippen molar-refractivity contribution in [3.8, 4) is 0 Å². The minimum absolute atomic E-state index is 0.0928. The summed E-state index contributed by atoms with van der Waals surface area (Å²) in [5, 5.41) is 12.6. The lowest BCUT2D eigenvalue weighted by Crippen LogP contribution is -2.27. The fourth-order valence-electron chi connectivity index (χ4n) is 2.09. The van der Waals surface area contributed by atoms with Crippen LogP contribution in [0, 0.1) is 6.92 Å². The lowest BCUT2D eigenvalue weighted by atomic mass is 10.1. The van der Waals surface area contributed by atoms with Crippen molar-refractivity contribution in [1.29, 1.82) is 0 Å². The number of hydrogen-bond acceptors (Lipinski definition) is 6. The standard InChI is InChI=1S/C18H22N4O2S.CH2O2/c1-13-4-5-14(10-16(13)21-17(23)11-22(2)3)20-18(24)12-25-15-6-8-19-9-7-15;2-1-3/h4-10H,11-12H2,1-3H3,(H,20,24)(H,21,23);1H,(H,2,3). The molecule has 150 valence electrons. The van der Waals surface area contributed by atoms with Crippen molar-refractivity contribution < 1.29 is 19.5 Å². The van der Waals surface area contributed by atoms with Crippen LogP contribution in [-0.4, -0.2) is 59.7 Å². The molecule has 1 aromatic carbocycles. The molecule has 2 rings (SSSR count). The Labute approximate surface area is 168 Å². The highest BCUT2D eigenvalue weighted by Gasteiger charge is 2.09. The molecule has 0 bridgehead atoms. The van der Waals surface area contributed by atoms with E-state index >= 15 is 0 Å². The van der Waals surface area contributed by atoms with E-state index in [1.54, 1.807) is 23.4 Å². The second-order valence-corrected chi connectivity index (χ2v) is 6.99. The topological polar surface area (TPSA) is 112 Å². The maximum absolute atomic E-state index is 12.1. The molecule has 1 aromatic heterocycles. The van der Waals surface area contributed by atoms with Gasteiger partial charge < -0.3 is 20.6 Å². The molecule has 28 heavy (non-hydrogen) atoms. The van der Waals surface area contributed by atoms with Gasteiger partial charge in [-0.15, -0.1) is 11.8 Å². The summed E-state index contributed by atoms with van der Waals surface area (Å²) in [4.78, 5) is 39.1. The number of pyridine rings is 1. The van der Waals surface area contributed by atoms with Crippen LogP contribution in [0.2, 0.25) is 0 Å². The van der Waals surface area contributed by atoms with Crippen LogP contribution in [-0.2, 0) is 14.4 Å². The van der Waals surface area contributed by atoms with E-state index < -0.39 is 0 Å². The van der Waals surface area contributed by atoms with Gasteiger partial charge in [0.2, 0.25) is 11.8 Å². The Morgan fingerprint density at radius 2 is 1.79 bits per heavy atom. The quantitative estimate of drug-likeness (QED) is 0.480. The van der Waals surface area contributed by atoms with Gasteiger partial charge in [0.25, 0.3) is 6.47 Å². The van der Waals surface area contributed by atoms with Gasteiger partial charge in [-0.2, -0.15) is 0 Å². The zero-order valence-corrected chi connectivity index (χ0v) is 16.8. The van der Waals surface area contributed by atoms with Gasteiger partial charge in [0.1, 0.15) is 0 Å². The predicted molar refractivity (Wildman–Crippen MR) is 111 cm³/mol. The number of thioether (sulfide) groups is 1. The third-order valence-electron chi connectivity index (χ3n) is 3.27. The number of amides is 2. The van der Waals surface area contributed by atoms with Crippen LogP contribution < -0.4 is 10.6 Å². The Balaban J connectivity index is 0.00000122. The summed E-state index contributed by atoms with van der Waals surface area (Å²) in [6.07, 6.45) is 3.39. The van der Waals surface area contributed by atoms with E-state index in [0.717, 1.165) is 10.5 Å². The van der Waals surface area contributed by atoms with Gasteiger partial charge in [-0.05, 0) is 50.8 Å². The van der Waals surface area contributed by atoms with Crippen LogP contribution in [0.5, 0.6) is 0 Å². The van der Waals surface area contributed by atoms with Crippen LogP contribution in [0.4, 0.5) is 11.4 Å². The number of benzene rings is 1. The number of nitrogens with one attached hydrogen (secondary N) is 2. The zero-order valence-electron chi connectivity index (χ0n) is 16.0. The molecule has 8 nitrogen and oxygen atoms in total. The smallest absolute Gasteiger partial charge is 0.290 e. The van der Waals surface area contributed by atoms with E-state index in [1.807, 2.05) is 45.3 Å². The number of anilines is 2. The van der Waals surface area contributed by atoms with Crippen molar-refractivity contribution in [3.05, 3.63) is 48.3 Å². The number of carboxylic acid groups (broad SMARTS) is 1. The maximum Gasteiger partial charge on any atom is 0.290 e. The average Bonchev–Trinajstić information content (AvgIpc) is 2.64. The fraction of sp³-hybridized carbons (Fsp3) is 0.263. The van der Waals surface area contributed by atoms with E-state index in [2.05, 4.69) is 15.6 Å². The number of rotatable bonds is 7. The molecule has 2 aromatic rings. The molecule has 2 amide bonds. The number of aryl methyl sites for hydroxylation is 1. The molecule has 0 saturated carbocycles. The van der Waals surface area contributed by atoms with Crippen LogP contribution in [0.1, 0.15) is 5.56 Å². The molecule has 0 aliphatic heterocycles. The largest absolute Gasteiger partial charge is 0.483 e. The first-order chi connectivity index (χ1) is 13.3. The number of nitrogens with zero attached hydrogens (tertiary/aromatic N) is 2.